The molecular weight excluding hydrogens is 248 g/mol. The van der Waals surface area contributed by atoms with Gasteiger partial charge < -0.3 is 9.84 Å². The first-order valence-corrected chi connectivity index (χ1v) is 6.68. The van der Waals surface area contributed by atoms with E-state index in [1.54, 1.807) is 18.0 Å². The van der Waals surface area contributed by atoms with E-state index in [1.165, 1.54) is 0 Å². The predicted molar refractivity (Wildman–Crippen MR) is 72.2 cm³/mol. The van der Waals surface area contributed by atoms with Gasteiger partial charge in [0.15, 0.2) is 0 Å². The summed E-state index contributed by atoms with van der Waals surface area (Å²) in [6.07, 6.45) is 1.67. The fourth-order valence-electron chi connectivity index (χ4n) is 1.39. The fourth-order valence-corrected chi connectivity index (χ4v) is 2.20. The van der Waals surface area contributed by atoms with Gasteiger partial charge in [-0.15, -0.1) is 0 Å². The first-order valence-electron chi connectivity index (χ1n) is 5.70. The normalized spacial score (nSPS) is 10.9. The molecule has 6 heteroatoms. The monoisotopic (exact) mass is 264 g/mol. The summed E-state index contributed by atoms with van der Waals surface area (Å²) in [7, 11) is 0. The highest BCUT2D eigenvalue weighted by Crippen LogP contribution is 2.24. The second-order valence-corrected chi connectivity index (χ2v) is 5.11. The maximum atomic E-state index is 5.41. The van der Waals surface area contributed by atoms with E-state index in [-0.39, 0.29) is 5.92 Å². The van der Waals surface area contributed by atoms with Crippen LogP contribution in [0, 0.1) is 0 Å². The molecule has 0 amide bonds. The van der Waals surface area contributed by atoms with E-state index in [4.69, 9.17) is 10.3 Å². The molecule has 0 radical (unpaired) electrons. The molecule has 0 spiro atoms. The summed E-state index contributed by atoms with van der Waals surface area (Å²) in [6, 6.07) is 5.65. The third kappa shape index (κ3) is 3.24. The second-order valence-electron chi connectivity index (χ2n) is 4.12. The molecule has 0 aliphatic heterocycles. The highest BCUT2D eigenvalue weighted by atomic mass is 32.2. The molecule has 0 saturated carbocycles. The van der Waals surface area contributed by atoms with Gasteiger partial charge in [-0.05, 0) is 12.1 Å². The predicted octanol–water partition coefficient (Wildman–Crippen LogP) is 2.77. The van der Waals surface area contributed by atoms with Crippen molar-refractivity contribution >= 4 is 17.6 Å². The quantitative estimate of drug-likeness (QED) is 0.374. The minimum Gasteiger partial charge on any atom is -0.468 e. The molecule has 0 aromatic carbocycles. The average Bonchev–Trinajstić information content (AvgIpc) is 2.89. The number of nitrogens with one attached hydrogen (secondary N) is 1. The Hall–Kier alpha value is -1.53. The number of nitrogens with two attached hydrogens (primary N) is 1. The van der Waals surface area contributed by atoms with E-state index in [0.717, 1.165) is 22.4 Å². The van der Waals surface area contributed by atoms with Gasteiger partial charge in [0.1, 0.15) is 22.4 Å². The van der Waals surface area contributed by atoms with Gasteiger partial charge in [0, 0.05) is 12.0 Å². The van der Waals surface area contributed by atoms with Gasteiger partial charge in [0.25, 0.3) is 0 Å². The van der Waals surface area contributed by atoms with E-state index in [9.17, 15) is 0 Å². The Balaban J connectivity index is 2.13. The Morgan fingerprint density at radius 2 is 2.28 bits per heavy atom. The lowest BCUT2D eigenvalue weighted by Gasteiger charge is -2.08. The van der Waals surface area contributed by atoms with Gasteiger partial charge in [-0.25, -0.2) is 15.8 Å². The first-order chi connectivity index (χ1) is 8.69. The third-order valence-corrected chi connectivity index (χ3v) is 3.26. The molecule has 5 nitrogen and oxygen atoms in total. The van der Waals surface area contributed by atoms with Crippen LogP contribution in [0.25, 0.3) is 0 Å². The number of hydrogen-bond acceptors (Lipinski definition) is 6. The van der Waals surface area contributed by atoms with Crippen molar-refractivity contribution in [1.82, 2.24) is 9.97 Å². The fraction of sp³-hybridized carbons (Fsp3) is 0.333. The largest absolute Gasteiger partial charge is 0.468 e. The van der Waals surface area contributed by atoms with Crippen molar-refractivity contribution in [3.8, 4) is 0 Å². The number of nitrogens with zero attached hydrogens (tertiary/aromatic N) is 2. The summed E-state index contributed by atoms with van der Waals surface area (Å²) in [5, 5.41) is 0.887. The molecule has 0 unspecified atom stereocenters. The molecule has 2 aromatic rings. The molecular formula is C12H16N4OS. The third-order valence-electron chi connectivity index (χ3n) is 2.33. The van der Waals surface area contributed by atoms with Crippen LogP contribution in [0.15, 0.2) is 33.9 Å². The molecule has 0 aliphatic carbocycles. The summed E-state index contributed by atoms with van der Waals surface area (Å²) >= 11 is 1.60. The van der Waals surface area contributed by atoms with Gasteiger partial charge in [-0.1, -0.05) is 25.6 Å². The molecule has 3 N–H and O–H groups in total. The van der Waals surface area contributed by atoms with Gasteiger partial charge in [0.05, 0.1) is 12.0 Å². The molecule has 0 saturated heterocycles. The highest BCUT2D eigenvalue weighted by Gasteiger charge is 2.08. The molecule has 18 heavy (non-hydrogen) atoms. The van der Waals surface area contributed by atoms with Crippen LogP contribution in [0.4, 0.5) is 5.82 Å². The van der Waals surface area contributed by atoms with Gasteiger partial charge in [0.2, 0.25) is 0 Å². The first kappa shape index (κ1) is 12.9. The lowest BCUT2D eigenvalue weighted by Crippen LogP contribution is -2.11. The van der Waals surface area contributed by atoms with Crippen molar-refractivity contribution in [2.75, 3.05) is 5.43 Å². The Bertz CT molecular complexity index is 499. The lowest BCUT2D eigenvalue weighted by atomic mass is 10.2. The van der Waals surface area contributed by atoms with E-state index < -0.39 is 0 Å². The number of hydrogen-bond donors (Lipinski definition) is 2. The van der Waals surface area contributed by atoms with E-state index in [1.807, 2.05) is 18.2 Å². The average molecular weight is 264 g/mol. The van der Waals surface area contributed by atoms with Crippen LogP contribution in [0.2, 0.25) is 0 Å². The number of aromatic nitrogens is 2. The molecule has 0 fully saturated rings. The number of rotatable bonds is 5. The Morgan fingerprint density at radius 1 is 1.44 bits per heavy atom. The van der Waals surface area contributed by atoms with E-state index in [2.05, 4.69) is 29.2 Å². The minimum atomic E-state index is 0.265. The number of furan rings is 1. The number of anilines is 1. The number of nitrogen functional groups attached to an aromatic ring is 1. The van der Waals surface area contributed by atoms with Crippen LogP contribution >= 0.6 is 11.8 Å². The Kier molecular flexibility index (Phi) is 4.22. The van der Waals surface area contributed by atoms with Crippen LogP contribution in [-0.2, 0) is 5.75 Å². The van der Waals surface area contributed by atoms with Crippen LogP contribution in [0.5, 0.6) is 0 Å². The van der Waals surface area contributed by atoms with E-state index in [0.29, 0.717) is 5.82 Å². The highest BCUT2D eigenvalue weighted by molar-refractivity contribution is 7.98. The zero-order valence-electron chi connectivity index (χ0n) is 10.4. The Morgan fingerprint density at radius 3 is 2.89 bits per heavy atom. The summed E-state index contributed by atoms with van der Waals surface area (Å²) in [4.78, 5) is 8.81. The summed E-state index contributed by atoms with van der Waals surface area (Å²) in [5.41, 5.74) is 2.57. The standard InChI is InChI=1S/C12H16N4OS/c1-8(2)12-14-10(16-13)6-11(15-12)18-7-9-4-3-5-17-9/h3-6,8H,7,13H2,1-2H3,(H,14,15,16). The molecule has 0 aliphatic rings. The van der Waals surface area contributed by atoms with Crippen LogP contribution < -0.4 is 11.3 Å². The smallest absolute Gasteiger partial charge is 0.144 e. The SMILES string of the molecule is CC(C)c1nc(NN)cc(SCc2ccco2)n1. The molecule has 0 atom stereocenters. The summed E-state index contributed by atoms with van der Waals surface area (Å²) in [5.74, 6) is 8.76. The second kappa shape index (κ2) is 5.88. The van der Waals surface area contributed by atoms with E-state index >= 15 is 0 Å². The topological polar surface area (TPSA) is 77.0 Å². The molecule has 2 rings (SSSR count). The zero-order chi connectivity index (χ0) is 13.0. The maximum Gasteiger partial charge on any atom is 0.144 e. The van der Waals surface area contributed by atoms with Crippen molar-refractivity contribution in [3.05, 3.63) is 36.0 Å². The van der Waals surface area contributed by atoms with Gasteiger partial charge in [-0.3, -0.25) is 0 Å². The van der Waals surface area contributed by atoms with Crippen LogP contribution in [-0.4, -0.2) is 9.97 Å². The molecule has 2 aromatic heterocycles. The van der Waals surface area contributed by atoms with Crippen molar-refractivity contribution in [2.45, 2.75) is 30.5 Å². The summed E-state index contributed by atoms with van der Waals surface area (Å²) < 4.78 is 5.28. The summed E-state index contributed by atoms with van der Waals surface area (Å²) in [6.45, 7) is 4.10. The maximum absolute atomic E-state index is 5.41. The molecule has 2 heterocycles. The van der Waals surface area contributed by atoms with Crippen LogP contribution in [0.1, 0.15) is 31.4 Å². The minimum absolute atomic E-state index is 0.265. The Labute approximate surface area is 110 Å². The van der Waals surface area contributed by atoms with Crippen molar-refractivity contribution < 1.29 is 4.42 Å². The molecule has 0 bridgehead atoms. The zero-order valence-corrected chi connectivity index (χ0v) is 11.2. The number of hydrazine groups is 1. The van der Waals surface area contributed by atoms with Crippen molar-refractivity contribution in [2.24, 2.45) is 5.84 Å². The number of thioether (sulfide) groups is 1. The van der Waals surface area contributed by atoms with Crippen molar-refractivity contribution in [1.29, 1.82) is 0 Å². The van der Waals surface area contributed by atoms with Gasteiger partial charge in [-0.2, -0.15) is 0 Å². The van der Waals surface area contributed by atoms with Gasteiger partial charge >= 0.3 is 0 Å². The van der Waals surface area contributed by atoms with Crippen LogP contribution in [0.3, 0.4) is 0 Å². The van der Waals surface area contributed by atoms with Crippen molar-refractivity contribution in [3.63, 3.8) is 0 Å². The lowest BCUT2D eigenvalue weighted by molar-refractivity contribution is 0.530. The molecule has 96 valence electrons.